The first-order valence-electron chi connectivity index (χ1n) is 10.8. The molecule has 0 unspecified atom stereocenters. The number of hydrogen-bond acceptors (Lipinski definition) is 3. The smallest absolute Gasteiger partial charge is 0.223 e. The predicted molar refractivity (Wildman–Crippen MR) is 121 cm³/mol. The summed E-state index contributed by atoms with van der Waals surface area (Å²) in [5.74, 6) is 1.58. The van der Waals surface area contributed by atoms with Gasteiger partial charge in [-0.1, -0.05) is 42.5 Å². The van der Waals surface area contributed by atoms with E-state index in [1.807, 2.05) is 53.4 Å². The van der Waals surface area contributed by atoms with E-state index in [0.717, 1.165) is 28.2 Å². The first kappa shape index (κ1) is 20.2. The molecule has 0 radical (unpaired) electrons. The number of nitrogens with zero attached hydrogens (tertiary/aromatic N) is 3. The Morgan fingerprint density at radius 3 is 2.53 bits per heavy atom. The number of carbonyl (C=O) groups excluding carboxylic acids is 1. The number of benzene rings is 3. The molecule has 0 N–H and O–H groups in total. The van der Waals surface area contributed by atoms with E-state index in [1.54, 1.807) is 12.1 Å². The van der Waals surface area contributed by atoms with Crippen LogP contribution in [0, 0.1) is 5.82 Å². The number of fused-ring (bicyclic) bond motifs is 1. The molecule has 1 aliphatic heterocycles. The fourth-order valence-corrected chi connectivity index (χ4v) is 4.32. The monoisotopic (exact) mass is 429 g/mol. The molecule has 0 spiro atoms. The molecule has 2 heterocycles. The van der Waals surface area contributed by atoms with Gasteiger partial charge in [-0.05, 0) is 42.0 Å². The third-order valence-electron chi connectivity index (χ3n) is 5.88. The minimum Gasteiger partial charge on any atom is -0.492 e. The minimum absolute atomic E-state index is 0.00655. The molecule has 5 rings (SSSR count). The summed E-state index contributed by atoms with van der Waals surface area (Å²) in [6.45, 7) is 2.23. The zero-order valence-electron chi connectivity index (χ0n) is 17.7. The van der Waals surface area contributed by atoms with Crippen molar-refractivity contribution in [2.24, 2.45) is 0 Å². The van der Waals surface area contributed by atoms with Crippen LogP contribution in [0.25, 0.3) is 11.0 Å². The van der Waals surface area contributed by atoms with Gasteiger partial charge in [0.2, 0.25) is 5.91 Å². The average Bonchev–Trinajstić information content (AvgIpc) is 3.36. The SMILES string of the molecule is O=C1C[C@@H](c2nc3ccccc3n2CCOc2ccccc2)CN1Cc1ccc(F)cc1. The van der Waals surface area contributed by atoms with E-state index in [9.17, 15) is 9.18 Å². The van der Waals surface area contributed by atoms with Gasteiger partial charge in [0.05, 0.1) is 17.6 Å². The summed E-state index contributed by atoms with van der Waals surface area (Å²) in [5, 5.41) is 0. The number of aromatic nitrogens is 2. The first-order valence-corrected chi connectivity index (χ1v) is 10.8. The average molecular weight is 429 g/mol. The van der Waals surface area contributed by atoms with E-state index in [2.05, 4.69) is 10.6 Å². The van der Waals surface area contributed by atoms with Gasteiger partial charge in [0, 0.05) is 25.4 Å². The van der Waals surface area contributed by atoms with Crippen LogP contribution >= 0.6 is 0 Å². The third kappa shape index (κ3) is 4.21. The number of likely N-dealkylation sites (tertiary alicyclic amines) is 1. The van der Waals surface area contributed by atoms with Gasteiger partial charge < -0.3 is 14.2 Å². The fourth-order valence-electron chi connectivity index (χ4n) is 4.32. The molecular weight excluding hydrogens is 405 g/mol. The Hall–Kier alpha value is -3.67. The molecule has 6 heteroatoms. The molecule has 1 fully saturated rings. The van der Waals surface area contributed by atoms with Gasteiger partial charge in [0.1, 0.15) is 24.0 Å². The van der Waals surface area contributed by atoms with E-state index in [0.29, 0.717) is 32.7 Å². The zero-order valence-corrected chi connectivity index (χ0v) is 17.7. The van der Waals surface area contributed by atoms with Gasteiger partial charge in [-0.2, -0.15) is 0 Å². The maximum absolute atomic E-state index is 13.2. The van der Waals surface area contributed by atoms with Gasteiger partial charge in [0.25, 0.3) is 0 Å². The van der Waals surface area contributed by atoms with Crippen LogP contribution in [0.2, 0.25) is 0 Å². The molecular formula is C26H24FN3O2. The second-order valence-corrected chi connectivity index (χ2v) is 8.07. The lowest BCUT2D eigenvalue weighted by Crippen LogP contribution is -2.24. The lowest BCUT2D eigenvalue weighted by molar-refractivity contribution is -0.128. The van der Waals surface area contributed by atoms with E-state index in [1.165, 1.54) is 12.1 Å². The Balaban J connectivity index is 1.35. The van der Waals surface area contributed by atoms with Crippen molar-refractivity contribution in [2.45, 2.75) is 25.4 Å². The van der Waals surface area contributed by atoms with Crippen molar-refractivity contribution in [1.29, 1.82) is 0 Å². The lowest BCUT2D eigenvalue weighted by atomic mass is 10.1. The van der Waals surface area contributed by atoms with Crippen molar-refractivity contribution in [2.75, 3.05) is 13.2 Å². The Kier molecular flexibility index (Phi) is 5.58. The highest BCUT2D eigenvalue weighted by Gasteiger charge is 2.34. The molecule has 4 aromatic rings. The lowest BCUT2D eigenvalue weighted by Gasteiger charge is -2.17. The summed E-state index contributed by atoms with van der Waals surface area (Å²) >= 11 is 0. The van der Waals surface area contributed by atoms with Gasteiger partial charge in [0.15, 0.2) is 0 Å². The first-order chi connectivity index (χ1) is 15.7. The third-order valence-corrected chi connectivity index (χ3v) is 5.88. The summed E-state index contributed by atoms with van der Waals surface area (Å²) in [6.07, 6.45) is 0.421. The van der Waals surface area contributed by atoms with Gasteiger partial charge in [-0.15, -0.1) is 0 Å². The highest BCUT2D eigenvalue weighted by molar-refractivity contribution is 5.81. The van der Waals surface area contributed by atoms with Crippen molar-refractivity contribution in [1.82, 2.24) is 14.5 Å². The maximum Gasteiger partial charge on any atom is 0.223 e. The molecule has 1 saturated heterocycles. The molecule has 1 amide bonds. The zero-order chi connectivity index (χ0) is 21.9. The van der Waals surface area contributed by atoms with E-state index < -0.39 is 0 Å². The topological polar surface area (TPSA) is 47.4 Å². The summed E-state index contributed by atoms with van der Waals surface area (Å²) < 4.78 is 21.3. The van der Waals surface area contributed by atoms with Crippen LogP contribution in [0.1, 0.15) is 23.7 Å². The largest absolute Gasteiger partial charge is 0.492 e. The van der Waals surface area contributed by atoms with Crippen LogP contribution in [-0.4, -0.2) is 33.5 Å². The molecule has 0 saturated carbocycles. The second kappa shape index (κ2) is 8.83. The van der Waals surface area contributed by atoms with Crippen LogP contribution in [0.15, 0.2) is 78.9 Å². The summed E-state index contributed by atoms with van der Waals surface area (Å²) in [7, 11) is 0. The molecule has 1 aliphatic rings. The molecule has 162 valence electrons. The highest BCUT2D eigenvalue weighted by atomic mass is 19.1. The standard InChI is InChI=1S/C26H24FN3O2/c27-21-12-10-19(11-13-21)17-29-18-20(16-25(29)31)26-28-23-8-4-5-9-24(23)30(26)14-15-32-22-6-2-1-3-7-22/h1-13,20H,14-18H2/t20-/m1/s1. The molecule has 1 atom stereocenters. The van der Waals surface area contributed by atoms with Crippen molar-refractivity contribution in [3.05, 3.63) is 96.1 Å². The molecule has 3 aromatic carbocycles. The number of rotatable bonds is 7. The molecule has 32 heavy (non-hydrogen) atoms. The Labute approximate surface area is 186 Å². The fraction of sp³-hybridized carbons (Fsp3) is 0.231. The number of halogens is 1. The number of ether oxygens (including phenoxy) is 1. The van der Waals surface area contributed by atoms with Crippen LogP contribution in [0.3, 0.4) is 0 Å². The molecule has 0 bridgehead atoms. The normalized spacial score (nSPS) is 16.1. The summed E-state index contributed by atoms with van der Waals surface area (Å²) in [5.41, 5.74) is 2.89. The van der Waals surface area contributed by atoms with Crippen molar-refractivity contribution in [3.8, 4) is 5.75 Å². The number of amides is 1. The Bertz CT molecular complexity index is 1220. The van der Waals surface area contributed by atoms with Crippen LogP contribution < -0.4 is 4.74 Å². The van der Waals surface area contributed by atoms with Crippen LogP contribution in [-0.2, 0) is 17.9 Å². The van der Waals surface area contributed by atoms with Crippen LogP contribution in [0.4, 0.5) is 4.39 Å². The number of carbonyl (C=O) groups is 1. The van der Waals surface area contributed by atoms with E-state index >= 15 is 0 Å². The minimum atomic E-state index is -0.272. The molecule has 5 nitrogen and oxygen atoms in total. The molecule has 1 aromatic heterocycles. The van der Waals surface area contributed by atoms with E-state index in [-0.39, 0.29) is 17.6 Å². The van der Waals surface area contributed by atoms with Crippen LogP contribution in [0.5, 0.6) is 5.75 Å². The van der Waals surface area contributed by atoms with Gasteiger partial charge >= 0.3 is 0 Å². The molecule has 0 aliphatic carbocycles. The number of imidazole rings is 1. The number of hydrogen-bond donors (Lipinski definition) is 0. The quantitative estimate of drug-likeness (QED) is 0.425. The predicted octanol–water partition coefficient (Wildman–Crippen LogP) is 4.77. The van der Waals surface area contributed by atoms with Crippen molar-refractivity contribution < 1.29 is 13.9 Å². The maximum atomic E-state index is 13.2. The second-order valence-electron chi connectivity index (χ2n) is 8.07. The Morgan fingerprint density at radius 1 is 0.969 bits per heavy atom. The highest BCUT2D eigenvalue weighted by Crippen LogP contribution is 2.31. The Morgan fingerprint density at radius 2 is 1.72 bits per heavy atom. The van der Waals surface area contributed by atoms with Crippen molar-refractivity contribution in [3.63, 3.8) is 0 Å². The van der Waals surface area contributed by atoms with Gasteiger partial charge in [-0.25, -0.2) is 9.37 Å². The number of para-hydroxylation sites is 3. The van der Waals surface area contributed by atoms with E-state index in [4.69, 9.17) is 9.72 Å². The van der Waals surface area contributed by atoms with Gasteiger partial charge in [-0.3, -0.25) is 4.79 Å². The summed E-state index contributed by atoms with van der Waals surface area (Å²) in [6, 6.07) is 24.1. The van der Waals surface area contributed by atoms with Crippen molar-refractivity contribution >= 4 is 16.9 Å². The summed E-state index contributed by atoms with van der Waals surface area (Å²) in [4.78, 5) is 19.5.